The number of alkyl halides is 4. The second-order valence-electron chi connectivity index (χ2n) is 13.1. The molecule has 1 unspecified atom stereocenters. The topological polar surface area (TPSA) is 123 Å². The normalized spacial score (nSPS) is 17.9. The number of hydrogen-bond acceptors (Lipinski definition) is 6. The number of likely N-dealkylation sites (tertiary alicyclic amines) is 1. The third-order valence-corrected chi connectivity index (χ3v) is 9.37. The second-order valence-corrected chi connectivity index (χ2v) is 13.1. The number of aryl methyl sites for hydroxylation is 2. The van der Waals surface area contributed by atoms with Crippen LogP contribution in [0.1, 0.15) is 72.2 Å². The first-order chi connectivity index (χ1) is 26.1. The van der Waals surface area contributed by atoms with Crippen LogP contribution in [-0.4, -0.2) is 65.7 Å². The molecule has 0 saturated carbocycles. The van der Waals surface area contributed by atoms with Crippen LogP contribution in [0.15, 0.2) is 65.9 Å². The van der Waals surface area contributed by atoms with E-state index >= 15 is 8.78 Å². The Morgan fingerprint density at radius 2 is 1.78 bits per heavy atom. The monoisotopic (exact) mass is 770 g/mol. The highest BCUT2D eigenvalue weighted by atomic mass is 19.4. The van der Waals surface area contributed by atoms with Crippen molar-refractivity contribution >= 4 is 18.8 Å². The number of nitriles is 1. The molecular weight excluding hydrogens is 730 g/mol. The summed E-state index contributed by atoms with van der Waals surface area (Å²) in [6, 6.07) is 9.32. The highest BCUT2D eigenvalue weighted by molar-refractivity contribution is 5.86. The molecular formula is C40H40F6N4O5. The molecule has 0 radical (unpaired) electrons. The maximum atomic E-state index is 15.9. The van der Waals surface area contributed by atoms with E-state index < -0.39 is 47.5 Å². The molecule has 3 aromatic carbocycles. The fourth-order valence-corrected chi connectivity index (χ4v) is 6.75. The van der Waals surface area contributed by atoms with E-state index in [2.05, 4.69) is 11.4 Å². The molecule has 2 heterocycles. The van der Waals surface area contributed by atoms with E-state index in [-0.39, 0.29) is 74.2 Å². The van der Waals surface area contributed by atoms with Gasteiger partial charge in [-0.15, -0.1) is 0 Å². The summed E-state index contributed by atoms with van der Waals surface area (Å²) >= 11 is 0. The predicted molar refractivity (Wildman–Crippen MR) is 191 cm³/mol. The Morgan fingerprint density at radius 3 is 2.36 bits per heavy atom. The summed E-state index contributed by atoms with van der Waals surface area (Å²) in [4.78, 5) is 37.8. The van der Waals surface area contributed by atoms with Crippen LogP contribution in [0.4, 0.5) is 26.3 Å². The highest BCUT2D eigenvalue weighted by Gasteiger charge is 2.38. The van der Waals surface area contributed by atoms with Crippen LogP contribution >= 0.6 is 0 Å². The van der Waals surface area contributed by atoms with Crippen LogP contribution in [0.5, 0.6) is 5.75 Å². The molecule has 15 heteroatoms. The maximum absolute atomic E-state index is 15.9. The molecule has 292 valence electrons. The number of hydrogen-bond donors (Lipinski definition) is 2. The van der Waals surface area contributed by atoms with Gasteiger partial charge in [0.05, 0.1) is 23.2 Å². The number of nitrogens with zero attached hydrogens (tertiary/aromatic N) is 3. The largest absolute Gasteiger partial charge is 0.488 e. The van der Waals surface area contributed by atoms with Gasteiger partial charge in [-0.2, -0.15) is 18.4 Å². The van der Waals surface area contributed by atoms with E-state index in [1.165, 1.54) is 25.1 Å². The number of halogens is 6. The Bertz CT molecular complexity index is 2020. The van der Waals surface area contributed by atoms with Crippen molar-refractivity contribution in [1.29, 1.82) is 5.26 Å². The van der Waals surface area contributed by atoms with E-state index in [1.54, 1.807) is 43.9 Å². The van der Waals surface area contributed by atoms with E-state index in [0.717, 1.165) is 18.3 Å². The van der Waals surface area contributed by atoms with Gasteiger partial charge < -0.3 is 20.1 Å². The molecule has 4 bridgehead atoms. The lowest BCUT2D eigenvalue weighted by molar-refractivity contribution is -0.131. The average Bonchev–Trinajstić information content (AvgIpc) is 3.12. The Balaban J connectivity index is 0.00000217. The van der Waals surface area contributed by atoms with Gasteiger partial charge >= 0.3 is 6.18 Å². The maximum Gasteiger partial charge on any atom is 0.416 e. The molecule has 0 aliphatic carbocycles. The van der Waals surface area contributed by atoms with Crippen molar-refractivity contribution in [2.45, 2.75) is 71.6 Å². The average molecular weight is 771 g/mol. The first-order valence-electron chi connectivity index (χ1n) is 17.3. The van der Waals surface area contributed by atoms with Gasteiger partial charge in [-0.05, 0) is 97.8 Å². The number of rotatable bonds is 8. The third kappa shape index (κ3) is 9.74. The summed E-state index contributed by atoms with van der Waals surface area (Å²) in [6.07, 6.45) is -4.24. The molecule has 0 spiro atoms. The second kappa shape index (κ2) is 18.1. The van der Waals surface area contributed by atoms with E-state index in [9.17, 15) is 32.4 Å². The molecule has 55 heavy (non-hydrogen) atoms. The minimum absolute atomic E-state index is 0.0335. The minimum Gasteiger partial charge on any atom is -0.488 e. The molecule has 2 amide bonds. The van der Waals surface area contributed by atoms with Crippen molar-refractivity contribution in [3.05, 3.63) is 111 Å². The molecule has 1 saturated heterocycles. The molecule has 2 aliphatic heterocycles. The summed E-state index contributed by atoms with van der Waals surface area (Å²) < 4.78 is 94.3. The number of fused-ring (bicyclic) bond motifs is 6. The van der Waals surface area contributed by atoms with Crippen molar-refractivity contribution in [1.82, 2.24) is 15.1 Å². The summed E-state index contributed by atoms with van der Waals surface area (Å²) in [5, 5.41) is 19.3. The lowest BCUT2D eigenvalue weighted by Gasteiger charge is -2.35. The quantitative estimate of drug-likeness (QED) is 0.136. The van der Waals surface area contributed by atoms with Crippen LogP contribution in [0, 0.1) is 36.8 Å². The smallest absolute Gasteiger partial charge is 0.416 e. The number of amides is 2. The Hall–Kier alpha value is -5.62. The number of carbonyl (C=O) groups excluding carboxylic acids is 2. The zero-order chi connectivity index (χ0) is 40.6. The summed E-state index contributed by atoms with van der Waals surface area (Å²) in [5.41, 5.74) is 0.950. The molecule has 2 aliphatic rings. The molecule has 9 nitrogen and oxygen atoms in total. The van der Waals surface area contributed by atoms with Crippen LogP contribution in [-0.2, 0) is 21.0 Å². The minimum atomic E-state index is -4.85. The van der Waals surface area contributed by atoms with Gasteiger partial charge in [-0.3, -0.25) is 19.3 Å². The third-order valence-electron chi connectivity index (χ3n) is 9.37. The lowest BCUT2D eigenvalue weighted by atomic mass is 9.91. The lowest BCUT2D eigenvalue weighted by Crippen LogP contribution is -2.48. The van der Waals surface area contributed by atoms with Crippen LogP contribution in [0.3, 0.4) is 0 Å². The molecule has 3 aromatic rings. The molecule has 5 rings (SSSR count). The van der Waals surface area contributed by atoms with E-state index in [0.29, 0.717) is 38.5 Å². The number of carboxylic acid groups (broad SMARTS) is 1. The van der Waals surface area contributed by atoms with Gasteiger partial charge in [0.2, 0.25) is 12.3 Å². The van der Waals surface area contributed by atoms with Gasteiger partial charge in [0.25, 0.3) is 6.47 Å². The summed E-state index contributed by atoms with van der Waals surface area (Å²) in [7, 11) is 0. The molecule has 2 atom stereocenters. The fraction of sp³-hybridized carbons (Fsp3) is 0.350. The van der Waals surface area contributed by atoms with Crippen LogP contribution < -0.4 is 10.1 Å². The Kier molecular flexibility index (Phi) is 13.9. The van der Waals surface area contributed by atoms with Crippen molar-refractivity contribution in [2.75, 3.05) is 19.6 Å². The molecule has 1 fully saturated rings. The number of carbonyl (C=O) groups is 3. The summed E-state index contributed by atoms with van der Waals surface area (Å²) in [6.45, 7) is 5.87. The SMILES string of the molecule is C/C=C(\C(=C/N(C=O)C1C(=O)N[C@@H](CC)c2cc(cc(C)c2F)-c2c(C)cc(C#N)cc2OCc2ccc(F)c1c2)CCN1CC(F)C1)C(F)(F)F.O=CO. The number of benzene rings is 3. The van der Waals surface area contributed by atoms with Crippen molar-refractivity contribution in [2.24, 2.45) is 0 Å². The Morgan fingerprint density at radius 1 is 1.09 bits per heavy atom. The standard InChI is InChI=1S/C39H38F6N4O3.CH2O2/c1-5-31(39(43,44)45)26(9-10-48-18-28(40)19-48)17-49(21-50)37-29-13-24(7-8-32(29)41)20-52-34-14-25(16-46)11-22(3)35(34)27-12-23(4)36(42)30(15-27)33(6-2)47-38(37)51;2-1-3/h5,7-8,11-15,17,21,28,33,37H,6,9-10,18-20H2,1-4H3,(H,47,51);1H,(H,2,3)/b26-17-,31-5+;/t33-,37?;/m0./s1. The van der Waals surface area contributed by atoms with Crippen LogP contribution in [0.25, 0.3) is 11.1 Å². The molecule has 0 aromatic heterocycles. The number of ether oxygens (including phenoxy) is 1. The summed E-state index contributed by atoms with van der Waals surface area (Å²) in [5.74, 6) is -2.24. The van der Waals surface area contributed by atoms with Gasteiger partial charge in [0, 0.05) is 42.5 Å². The van der Waals surface area contributed by atoms with Crippen LogP contribution in [0.2, 0.25) is 0 Å². The number of allylic oxidation sites excluding steroid dienone is 2. The van der Waals surface area contributed by atoms with Crippen molar-refractivity contribution < 1.29 is 50.6 Å². The van der Waals surface area contributed by atoms with E-state index in [4.69, 9.17) is 14.6 Å². The first kappa shape index (κ1) is 42.1. The first-order valence-corrected chi connectivity index (χ1v) is 17.3. The van der Waals surface area contributed by atoms with Crippen molar-refractivity contribution in [3.8, 4) is 22.9 Å². The zero-order valence-corrected chi connectivity index (χ0v) is 30.5. The Labute approximate surface area is 314 Å². The van der Waals surface area contributed by atoms with E-state index in [1.807, 2.05) is 0 Å². The highest BCUT2D eigenvalue weighted by Crippen LogP contribution is 2.40. The van der Waals surface area contributed by atoms with Gasteiger partial charge in [0.1, 0.15) is 36.2 Å². The van der Waals surface area contributed by atoms with Crippen molar-refractivity contribution in [3.63, 3.8) is 0 Å². The van der Waals surface area contributed by atoms with Gasteiger partial charge in [0.15, 0.2) is 0 Å². The van der Waals surface area contributed by atoms with Gasteiger partial charge in [-0.1, -0.05) is 19.1 Å². The predicted octanol–water partition coefficient (Wildman–Crippen LogP) is 7.92. The number of nitrogens with one attached hydrogen (secondary N) is 1. The molecule has 2 N–H and O–H groups in total. The fourth-order valence-electron chi connectivity index (χ4n) is 6.75. The van der Waals surface area contributed by atoms with Gasteiger partial charge in [-0.25, -0.2) is 13.2 Å². The zero-order valence-electron chi connectivity index (χ0n) is 30.5.